The van der Waals surface area contributed by atoms with Gasteiger partial charge in [0.2, 0.25) is 0 Å². The van der Waals surface area contributed by atoms with Crippen molar-refractivity contribution < 1.29 is 9.53 Å². The lowest BCUT2D eigenvalue weighted by Crippen LogP contribution is -2.27. The molecule has 0 aliphatic rings. The molecule has 16 heavy (non-hydrogen) atoms. The fourth-order valence-electron chi connectivity index (χ4n) is 1.28. The molecule has 0 saturated heterocycles. The molecule has 0 aliphatic heterocycles. The third-order valence-corrected chi connectivity index (χ3v) is 2.77. The van der Waals surface area contributed by atoms with Crippen molar-refractivity contribution in [2.75, 3.05) is 25.6 Å². The molecule has 1 rings (SSSR count). The van der Waals surface area contributed by atoms with Crippen molar-refractivity contribution in [1.82, 2.24) is 0 Å². The zero-order chi connectivity index (χ0) is 12.1. The Labute approximate surface area is 103 Å². The Balaban J connectivity index is 3.00. The number of nitriles is 1. The highest BCUT2D eigenvalue weighted by molar-refractivity contribution is 9.10. The number of hydrogen-bond donors (Lipinski definition) is 0. The summed E-state index contributed by atoms with van der Waals surface area (Å²) in [6, 6.07) is 7.48. The summed E-state index contributed by atoms with van der Waals surface area (Å²) in [5.41, 5.74) is 1.20. The lowest BCUT2D eigenvalue weighted by Gasteiger charge is -2.19. The average Bonchev–Trinajstić information content (AvgIpc) is 2.28. The van der Waals surface area contributed by atoms with E-state index in [2.05, 4.69) is 26.7 Å². The SMILES string of the molecule is COC(=O)CN(C)c1cccc(Br)c1C#N. The van der Waals surface area contributed by atoms with Crippen molar-refractivity contribution in [3.63, 3.8) is 0 Å². The number of rotatable bonds is 3. The van der Waals surface area contributed by atoms with E-state index in [0.717, 1.165) is 0 Å². The van der Waals surface area contributed by atoms with E-state index in [4.69, 9.17) is 5.26 Å². The number of carbonyl (C=O) groups excluding carboxylic acids is 1. The highest BCUT2D eigenvalue weighted by Gasteiger charge is 2.13. The van der Waals surface area contributed by atoms with Crippen LogP contribution in [0.5, 0.6) is 0 Å². The van der Waals surface area contributed by atoms with Gasteiger partial charge >= 0.3 is 5.97 Å². The highest BCUT2D eigenvalue weighted by Crippen LogP contribution is 2.26. The first-order valence-electron chi connectivity index (χ1n) is 4.56. The fraction of sp³-hybridized carbons (Fsp3) is 0.273. The van der Waals surface area contributed by atoms with Crippen LogP contribution in [0.1, 0.15) is 5.56 Å². The molecule has 0 radical (unpaired) electrons. The second-order valence-corrected chi connectivity index (χ2v) is 4.03. The van der Waals surface area contributed by atoms with E-state index in [1.54, 1.807) is 24.1 Å². The van der Waals surface area contributed by atoms with Crippen LogP contribution in [0.2, 0.25) is 0 Å². The molecule has 0 atom stereocenters. The third-order valence-electron chi connectivity index (χ3n) is 2.11. The molecule has 1 aromatic rings. The van der Waals surface area contributed by atoms with Crippen LogP contribution in [0.25, 0.3) is 0 Å². The van der Waals surface area contributed by atoms with E-state index in [9.17, 15) is 4.79 Å². The van der Waals surface area contributed by atoms with Gasteiger partial charge in [0.1, 0.15) is 12.6 Å². The fourth-order valence-corrected chi connectivity index (χ4v) is 1.73. The van der Waals surface area contributed by atoms with Gasteiger partial charge < -0.3 is 9.64 Å². The topological polar surface area (TPSA) is 53.3 Å². The minimum absolute atomic E-state index is 0.113. The lowest BCUT2D eigenvalue weighted by molar-refractivity contribution is -0.138. The summed E-state index contributed by atoms with van der Waals surface area (Å²) in [6.07, 6.45) is 0. The number of anilines is 1. The monoisotopic (exact) mass is 282 g/mol. The predicted molar refractivity (Wildman–Crippen MR) is 64.1 cm³/mol. The van der Waals surface area contributed by atoms with Crippen molar-refractivity contribution >= 4 is 27.6 Å². The Morgan fingerprint density at radius 3 is 2.88 bits per heavy atom. The van der Waals surface area contributed by atoms with Gasteiger partial charge in [-0.2, -0.15) is 5.26 Å². The summed E-state index contributed by atoms with van der Waals surface area (Å²) in [5, 5.41) is 9.02. The van der Waals surface area contributed by atoms with Crippen LogP contribution in [0.15, 0.2) is 22.7 Å². The van der Waals surface area contributed by atoms with E-state index >= 15 is 0 Å². The molecule has 0 fully saturated rings. The van der Waals surface area contributed by atoms with E-state index in [-0.39, 0.29) is 12.5 Å². The summed E-state index contributed by atoms with van der Waals surface area (Å²) in [4.78, 5) is 12.8. The number of hydrogen-bond acceptors (Lipinski definition) is 4. The Hall–Kier alpha value is -1.54. The normalized spacial score (nSPS) is 9.38. The van der Waals surface area contributed by atoms with Crippen molar-refractivity contribution in [3.05, 3.63) is 28.2 Å². The minimum atomic E-state index is -0.341. The van der Waals surface area contributed by atoms with Crippen molar-refractivity contribution in [3.8, 4) is 6.07 Å². The maximum atomic E-state index is 11.1. The molecule has 0 aromatic heterocycles. The number of esters is 1. The van der Waals surface area contributed by atoms with Crippen LogP contribution >= 0.6 is 15.9 Å². The van der Waals surface area contributed by atoms with Gasteiger partial charge in [-0.1, -0.05) is 6.07 Å². The summed E-state index contributed by atoms with van der Waals surface area (Å²) in [7, 11) is 3.07. The van der Waals surface area contributed by atoms with Gasteiger partial charge in [0.25, 0.3) is 0 Å². The molecule has 0 bridgehead atoms. The molecule has 0 amide bonds. The number of likely N-dealkylation sites (N-methyl/N-ethyl adjacent to an activating group) is 1. The number of methoxy groups -OCH3 is 1. The van der Waals surface area contributed by atoms with Gasteiger partial charge in [0.05, 0.1) is 18.4 Å². The van der Waals surface area contributed by atoms with Crippen molar-refractivity contribution in [2.24, 2.45) is 0 Å². The molecule has 5 heteroatoms. The van der Waals surface area contributed by atoms with Gasteiger partial charge in [0, 0.05) is 11.5 Å². The molecule has 0 heterocycles. The second kappa shape index (κ2) is 5.52. The maximum absolute atomic E-state index is 11.1. The van der Waals surface area contributed by atoms with Gasteiger partial charge in [-0.3, -0.25) is 4.79 Å². The first kappa shape index (κ1) is 12.5. The largest absolute Gasteiger partial charge is 0.468 e. The number of halogens is 1. The second-order valence-electron chi connectivity index (χ2n) is 3.18. The summed E-state index contributed by atoms with van der Waals surface area (Å²) >= 11 is 3.29. The van der Waals surface area contributed by atoms with Gasteiger partial charge in [-0.25, -0.2) is 0 Å². The average molecular weight is 283 g/mol. The van der Waals surface area contributed by atoms with Crippen molar-refractivity contribution in [2.45, 2.75) is 0 Å². The molecule has 0 spiro atoms. The standard InChI is InChI=1S/C11H11BrN2O2/c1-14(7-11(15)16-2)10-5-3-4-9(12)8(10)6-13/h3-5H,7H2,1-2H3. The van der Waals surface area contributed by atoms with E-state index in [0.29, 0.717) is 15.7 Å². The number of ether oxygens (including phenoxy) is 1. The number of carbonyl (C=O) groups is 1. The molecule has 0 aliphatic carbocycles. The quantitative estimate of drug-likeness (QED) is 0.795. The first-order valence-corrected chi connectivity index (χ1v) is 5.36. The smallest absolute Gasteiger partial charge is 0.325 e. The first-order chi connectivity index (χ1) is 7.60. The zero-order valence-electron chi connectivity index (χ0n) is 9.03. The summed E-state index contributed by atoms with van der Waals surface area (Å²) < 4.78 is 5.28. The molecule has 0 saturated carbocycles. The number of nitrogens with zero attached hydrogens (tertiary/aromatic N) is 2. The molecule has 0 N–H and O–H groups in total. The van der Waals surface area contributed by atoms with E-state index < -0.39 is 0 Å². The molecule has 84 valence electrons. The Kier molecular flexibility index (Phi) is 4.32. The summed E-state index contributed by atoms with van der Waals surface area (Å²) in [5.74, 6) is -0.341. The van der Waals surface area contributed by atoms with Gasteiger partial charge in [0.15, 0.2) is 0 Å². The van der Waals surface area contributed by atoms with Crippen LogP contribution in [-0.2, 0) is 9.53 Å². The van der Waals surface area contributed by atoms with Crippen LogP contribution in [0.3, 0.4) is 0 Å². The highest BCUT2D eigenvalue weighted by atomic mass is 79.9. The molecule has 4 nitrogen and oxygen atoms in total. The van der Waals surface area contributed by atoms with Crippen LogP contribution in [0, 0.1) is 11.3 Å². The van der Waals surface area contributed by atoms with Crippen molar-refractivity contribution in [1.29, 1.82) is 5.26 Å². The molecular formula is C11H11BrN2O2. The minimum Gasteiger partial charge on any atom is -0.468 e. The Bertz CT molecular complexity index is 440. The maximum Gasteiger partial charge on any atom is 0.325 e. The van der Waals surface area contributed by atoms with E-state index in [1.165, 1.54) is 7.11 Å². The molecular weight excluding hydrogens is 272 g/mol. The van der Waals surface area contributed by atoms with Gasteiger partial charge in [-0.15, -0.1) is 0 Å². The zero-order valence-corrected chi connectivity index (χ0v) is 10.6. The summed E-state index contributed by atoms with van der Waals surface area (Å²) in [6.45, 7) is 0.113. The van der Waals surface area contributed by atoms with Gasteiger partial charge in [-0.05, 0) is 28.1 Å². The van der Waals surface area contributed by atoms with Crippen LogP contribution in [0.4, 0.5) is 5.69 Å². The van der Waals surface area contributed by atoms with Crippen LogP contribution < -0.4 is 4.90 Å². The molecule has 0 unspecified atom stereocenters. The Morgan fingerprint density at radius 1 is 1.62 bits per heavy atom. The van der Waals surface area contributed by atoms with Crippen LogP contribution in [-0.4, -0.2) is 26.7 Å². The number of benzene rings is 1. The Morgan fingerprint density at radius 2 is 2.31 bits per heavy atom. The predicted octanol–water partition coefficient (Wildman–Crippen LogP) is 1.93. The lowest BCUT2D eigenvalue weighted by atomic mass is 10.2. The molecule has 1 aromatic carbocycles. The third kappa shape index (κ3) is 2.74. The van der Waals surface area contributed by atoms with E-state index in [1.807, 2.05) is 6.07 Å².